The maximum Gasteiger partial charge on any atom is 0.254 e. The van der Waals surface area contributed by atoms with Gasteiger partial charge in [0.15, 0.2) is 5.75 Å². The lowest BCUT2D eigenvalue weighted by Gasteiger charge is -2.17. The molecule has 0 aliphatic rings. The van der Waals surface area contributed by atoms with Gasteiger partial charge in [0.05, 0.1) is 34.7 Å². The average molecular weight is 476 g/mol. The summed E-state index contributed by atoms with van der Waals surface area (Å²) in [7, 11) is 3.19. The van der Waals surface area contributed by atoms with Crippen molar-refractivity contribution in [2.45, 2.75) is 20.8 Å². The predicted octanol–water partition coefficient (Wildman–Crippen LogP) is 4.78. The maximum absolute atomic E-state index is 12.6. The summed E-state index contributed by atoms with van der Waals surface area (Å²) >= 11 is 1.58. The number of carbonyl (C=O) groups excluding carboxylic acids is 1. The summed E-state index contributed by atoms with van der Waals surface area (Å²) in [5.41, 5.74) is 4.18. The largest absolute Gasteiger partial charge is 0.494 e. The first-order valence-electron chi connectivity index (χ1n) is 10.6. The highest BCUT2D eigenvalue weighted by molar-refractivity contribution is 7.09. The van der Waals surface area contributed by atoms with Crippen LogP contribution in [-0.2, 0) is 0 Å². The van der Waals surface area contributed by atoms with Crippen molar-refractivity contribution in [3.05, 3.63) is 64.0 Å². The van der Waals surface area contributed by atoms with E-state index in [0.717, 1.165) is 22.0 Å². The molecule has 0 fully saturated rings. The molecular weight excluding hydrogens is 450 g/mol. The van der Waals surface area contributed by atoms with E-state index in [9.17, 15) is 4.79 Å². The molecule has 174 valence electrons. The number of anilines is 4. The third-order valence-corrected chi connectivity index (χ3v) is 5.75. The smallest absolute Gasteiger partial charge is 0.254 e. The number of thiazole rings is 1. The van der Waals surface area contributed by atoms with Crippen molar-refractivity contribution >= 4 is 40.3 Å². The number of para-hydroxylation sites is 1. The fraction of sp³-hybridized carbons (Fsp3) is 0.208. The van der Waals surface area contributed by atoms with Crippen LogP contribution in [0.2, 0.25) is 0 Å². The molecule has 1 aromatic carbocycles. The molecular formula is C24H25N7O2S. The summed E-state index contributed by atoms with van der Waals surface area (Å²) in [5, 5.41) is 12.2. The Morgan fingerprint density at radius 2 is 1.82 bits per heavy atom. The number of aromatic nitrogens is 4. The number of hydrogen-bond donors (Lipinski definition) is 3. The number of amides is 1. The Bertz CT molecular complexity index is 1330. The zero-order valence-corrected chi connectivity index (χ0v) is 20.4. The molecule has 3 heterocycles. The topological polar surface area (TPSA) is 114 Å². The van der Waals surface area contributed by atoms with Crippen molar-refractivity contribution in [1.29, 1.82) is 0 Å². The summed E-state index contributed by atoms with van der Waals surface area (Å²) in [6.07, 6.45) is 1.52. The van der Waals surface area contributed by atoms with Gasteiger partial charge in [-0.3, -0.25) is 4.79 Å². The van der Waals surface area contributed by atoms with Gasteiger partial charge in [-0.1, -0.05) is 6.07 Å². The Morgan fingerprint density at radius 3 is 2.50 bits per heavy atom. The number of nitrogens with one attached hydrogen (secondary N) is 3. The van der Waals surface area contributed by atoms with E-state index in [2.05, 4.69) is 35.9 Å². The van der Waals surface area contributed by atoms with Gasteiger partial charge in [-0.2, -0.15) is 0 Å². The number of nitrogens with zero attached hydrogens (tertiary/aromatic N) is 4. The summed E-state index contributed by atoms with van der Waals surface area (Å²) in [6, 6.07) is 9.35. The second-order valence-corrected chi connectivity index (χ2v) is 8.59. The van der Waals surface area contributed by atoms with Gasteiger partial charge in [0.1, 0.15) is 17.5 Å². The highest BCUT2D eigenvalue weighted by Crippen LogP contribution is 2.39. The molecule has 0 radical (unpaired) electrons. The number of hydrogen-bond acceptors (Lipinski definition) is 9. The summed E-state index contributed by atoms with van der Waals surface area (Å²) in [4.78, 5) is 30.2. The minimum absolute atomic E-state index is 0.263. The van der Waals surface area contributed by atoms with Gasteiger partial charge < -0.3 is 20.7 Å². The fourth-order valence-corrected chi connectivity index (χ4v) is 4.16. The van der Waals surface area contributed by atoms with Crippen LogP contribution in [0.4, 0.5) is 23.0 Å². The number of benzene rings is 1. The molecule has 3 N–H and O–H groups in total. The third-order valence-electron chi connectivity index (χ3n) is 4.98. The van der Waals surface area contributed by atoms with E-state index in [1.807, 2.05) is 50.4 Å². The first kappa shape index (κ1) is 23.1. The lowest BCUT2D eigenvalue weighted by Crippen LogP contribution is -2.19. The summed E-state index contributed by atoms with van der Waals surface area (Å²) in [5.74, 6) is 2.17. The number of pyridine rings is 1. The van der Waals surface area contributed by atoms with Crippen LogP contribution in [0, 0.1) is 20.8 Å². The molecule has 10 heteroatoms. The van der Waals surface area contributed by atoms with Crippen molar-refractivity contribution < 1.29 is 9.53 Å². The number of aryl methyl sites for hydroxylation is 3. The van der Waals surface area contributed by atoms with Crippen molar-refractivity contribution in [2.24, 2.45) is 0 Å². The minimum atomic E-state index is -0.263. The van der Waals surface area contributed by atoms with Crippen LogP contribution >= 0.6 is 11.3 Å². The van der Waals surface area contributed by atoms with Crippen LogP contribution in [0.25, 0.3) is 11.3 Å². The molecule has 0 saturated carbocycles. The Labute approximate surface area is 201 Å². The van der Waals surface area contributed by atoms with Gasteiger partial charge in [0.25, 0.3) is 5.91 Å². The van der Waals surface area contributed by atoms with Gasteiger partial charge in [-0.15, -0.1) is 11.3 Å². The monoisotopic (exact) mass is 475 g/mol. The molecule has 0 saturated heterocycles. The third kappa shape index (κ3) is 4.96. The Kier molecular flexibility index (Phi) is 6.69. The second-order valence-electron chi connectivity index (χ2n) is 7.52. The molecule has 0 bridgehead atoms. The van der Waals surface area contributed by atoms with Crippen molar-refractivity contribution in [1.82, 2.24) is 25.3 Å². The van der Waals surface area contributed by atoms with Gasteiger partial charge in [-0.05, 0) is 32.9 Å². The quantitative estimate of drug-likeness (QED) is 0.350. The van der Waals surface area contributed by atoms with Crippen molar-refractivity contribution in [2.75, 3.05) is 24.8 Å². The maximum atomic E-state index is 12.6. The zero-order valence-electron chi connectivity index (χ0n) is 19.6. The van der Waals surface area contributed by atoms with E-state index in [1.165, 1.54) is 6.20 Å². The van der Waals surface area contributed by atoms with Crippen molar-refractivity contribution in [3.8, 4) is 17.0 Å². The molecule has 0 aliphatic heterocycles. The zero-order chi connectivity index (χ0) is 24.2. The van der Waals surface area contributed by atoms with E-state index >= 15 is 0 Å². The standard InChI is InChI=1S/C24H25N7O2S/c1-13-9-22(28-14(2)27-13)31-21-10-19(17(11-26-21)24(32)25-4)30-18-8-6-7-16(23(18)33-5)20-12-34-15(3)29-20/h6-12H,1-5H3,(H,25,32)(H2,26,27,28,30,31). The van der Waals surface area contributed by atoms with Gasteiger partial charge >= 0.3 is 0 Å². The average Bonchev–Trinajstić information content (AvgIpc) is 3.24. The molecule has 1 amide bonds. The van der Waals surface area contributed by atoms with Crippen LogP contribution < -0.4 is 20.7 Å². The van der Waals surface area contributed by atoms with E-state index in [-0.39, 0.29) is 5.91 Å². The van der Waals surface area contributed by atoms with E-state index in [0.29, 0.717) is 40.1 Å². The number of methoxy groups -OCH3 is 1. The fourth-order valence-electron chi connectivity index (χ4n) is 3.54. The molecule has 0 spiro atoms. The van der Waals surface area contributed by atoms with Crippen LogP contribution in [-0.4, -0.2) is 40.0 Å². The highest BCUT2D eigenvalue weighted by atomic mass is 32.1. The first-order chi connectivity index (χ1) is 16.4. The molecule has 4 rings (SSSR count). The first-order valence-corrected chi connectivity index (χ1v) is 11.4. The normalized spacial score (nSPS) is 10.6. The number of ether oxygens (including phenoxy) is 1. The van der Waals surface area contributed by atoms with E-state index < -0.39 is 0 Å². The Balaban J connectivity index is 1.74. The van der Waals surface area contributed by atoms with Crippen LogP contribution in [0.1, 0.15) is 26.9 Å². The molecule has 3 aromatic heterocycles. The van der Waals surface area contributed by atoms with Crippen LogP contribution in [0.15, 0.2) is 41.9 Å². The van der Waals surface area contributed by atoms with Crippen LogP contribution in [0.5, 0.6) is 5.75 Å². The highest BCUT2D eigenvalue weighted by Gasteiger charge is 2.17. The Hall–Kier alpha value is -4.05. The SMILES string of the molecule is CNC(=O)c1cnc(Nc2cc(C)nc(C)n2)cc1Nc1cccc(-c2csc(C)n2)c1OC. The molecule has 34 heavy (non-hydrogen) atoms. The lowest BCUT2D eigenvalue weighted by atomic mass is 10.1. The number of carbonyl (C=O) groups is 1. The van der Waals surface area contributed by atoms with Gasteiger partial charge in [0.2, 0.25) is 0 Å². The van der Waals surface area contributed by atoms with Crippen LogP contribution in [0.3, 0.4) is 0 Å². The molecule has 0 aliphatic carbocycles. The van der Waals surface area contributed by atoms with Crippen molar-refractivity contribution in [3.63, 3.8) is 0 Å². The summed E-state index contributed by atoms with van der Waals surface area (Å²) in [6.45, 7) is 5.69. The summed E-state index contributed by atoms with van der Waals surface area (Å²) < 4.78 is 5.74. The molecule has 0 atom stereocenters. The molecule has 4 aromatic rings. The molecule has 9 nitrogen and oxygen atoms in total. The van der Waals surface area contributed by atoms with E-state index in [4.69, 9.17) is 4.74 Å². The molecule has 0 unspecified atom stereocenters. The minimum Gasteiger partial charge on any atom is -0.494 e. The lowest BCUT2D eigenvalue weighted by molar-refractivity contribution is 0.0963. The number of rotatable bonds is 7. The second kappa shape index (κ2) is 9.84. The Morgan fingerprint density at radius 1 is 1.00 bits per heavy atom. The van der Waals surface area contributed by atoms with Gasteiger partial charge in [-0.25, -0.2) is 19.9 Å². The van der Waals surface area contributed by atoms with E-state index in [1.54, 1.807) is 31.6 Å². The predicted molar refractivity (Wildman–Crippen MR) is 135 cm³/mol. The van der Waals surface area contributed by atoms with Gasteiger partial charge in [0, 0.05) is 42.0 Å².